The Balaban J connectivity index is 1.51. The average Bonchev–Trinajstić information content (AvgIpc) is 2.72. The Kier molecular flexibility index (Phi) is 7.28. The first-order valence-electron chi connectivity index (χ1n) is 10.2. The Morgan fingerprint density at radius 1 is 0.769 bits per heavy atom. The zero-order chi connectivity index (χ0) is 18.2. The minimum atomic E-state index is 0.0680. The first kappa shape index (κ1) is 19.1. The van der Waals surface area contributed by atoms with Crippen molar-refractivity contribution in [2.75, 3.05) is 13.2 Å². The van der Waals surface area contributed by atoms with Gasteiger partial charge in [-0.05, 0) is 35.1 Å². The molecule has 0 saturated carbocycles. The second-order valence-corrected chi connectivity index (χ2v) is 7.30. The normalized spacial score (nSPS) is 20.2. The maximum absolute atomic E-state index is 6.08. The zero-order valence-electron chi connectivity index (χ0n) is 16.2. The van der Waals surface area contributed by atoms with Gasteiger partial charge in [-0.2, -0.15) is 0 Å². The van der Waals surface area contributed by atoms with E-state index < -0.39 is 0 Å². The van der Waals surface area contributed by atoms with E-state index in [1.54, 1.807) is 0 Å². The number of rotatable bonds is 8. The fourth-order valence-electron chi connectivity index (χ4n) is 3.52. The molecule has 0 amide bonds. The molecule has 0 aromatic heterocycles. The van der Waals surface area contributed by atoms with Gasteiger partial charge in [0.15, 0.2) is 0 Å². The summed E-state index contributed by atoms with van der Waals surface area (Å²) in [4.78, 5) is 0. The molecule has 0 bridgehead atoms. The van der Waals surface area contributed by atoms with Crippen molar-refractivity contribution in [3.05, 3.63) is 59.7 Å². The molecule has 0 radical (unpaired) electrons. The second-order valence-electron chi connectivity index (χ2n) is 7.30. The van der Waals surface area contributed by atoms with Gasteiger partial charge in [-0.1, -0.05) is 88.1 Å². The molecule has 2 aromatic carbocycles. The first-order valence-corrected chi connectivity index (χ1v) is 10.2. The van der Waals surface area contributed by atoms with Gasteiger partial charge in [-0.15, -0.1) is 0 Å². The molecule has 140 valence electrons. The quantitative estimate of drug-likeness (QED) is 0.516. The highest BCUT2D eigenvalue weighted by Gasteiger charge is 2.23. The third-order valence-electron chi connectivity index (χ3n) is 5.32. The molecule has 0 spiro atoms. The summed E-state index contributed by atoms with van der Waals surface area (Å²) in [6.07, 6.45) is 7.71. The molecule has 1 aliphatic heterocycles. The van der Waals surface area contributed by atoms with Gasteiger partial charge >= 0.3 is 0 Å². The second kappa shape index (κ2) is 9.89. The van der Waals surface area contributed by atoms with E-state index >= 15 is 0 Å². The summed E-state index contributed by atoms with van der Waals surface area (Å²) in [7, 11) is 0. The van der Waals surface area contributed by atoms with Crippen LogP contribution in [0.25, 0.3) is 11.1 Å². The molecule has 0 aliphatic carbocycles. The van der Waals surface area contributed by atoms with Crippen LogP contribution in [-0.2, 0) is 15.9 Å². The topological polar surface area (TPSA) is 18.5 Å². The number of unbranched alkanes of at least 4 members (excludes halogenated alkanes) is 3. The molecular formula is C24H32O2. The largest absolute Gasteiger partial charge is 0.373 e. The SMILES string of the molecule is CCCCCCC1COC(c2ccc(-c3ccc(CC)cc3)cc2)CO1. The third-order valence-corrected chi connectivity index (χ3v) is 5.32. The molecule has 1 heterocycles. The van der Waals surface area contributed by atoms with Gasteiger partial charge in [-0.3, -0.25) is 0 Å². The Labute approximate surface area is 158 Å². The van der Waals surface area contributed by atoms with Crippen molar-refractivity contribution < 1.29 is 9.47 Å². The minimum absolute atomic E-state index is 0.0680. The van der Waals surface area contributed by atoms with Gasteiger partial charge in [0.1, 0.15) is 6.10 Å². The van der Waals surface area contributed by atoms with Gasteiger partial charge in [0.05, 0.1) is 19.3 Å². The van der Waals surface area contributed by atoms with E-state index in [0.717, 1.165) is 19.4 Å². The lowest BCUT2D eigenvalue weighted by molar-refractivity contribution is -0.137. The summed E-state index contributed by atoms with van der Waals surface area (Å²) in [6.45, 7) is 5.82. The van der Waals surface area contributed by atoms with Crippen LogP contribution in [0, 0.1) is 0 Å². The summed E-state index contributed by atoms with van der Waals surface area (Å²) in [5, 5.41) is 0. The van der Waals surface area contributed by atoms with Gasteiger partial charge < -0.3 is 9.47 Å². The predicted octanol–water partition coefficient (Wildman–Crippen LogP) is 6.34. The maximum Gasteiger partial charge on any atom is 0.106 e. The van der Waals surface area contributed by atoms with Gasteiger partial charge in [-0.25, -0.2) is 0 Å². The van der Waals surface area contributed by atoms with Gasteiger partial charge in [0.25, 0.3) is 0 Å². The third kappa shape index (κ3) is 5.18. The van der Waals surface area contributed by atoms with Crippen LogP contribution in [-0.4, -0.2) is 19.3 Å². The number of hydrogen-bond donors (Lipinski definition) is 0. The lowest BCUT2D eigenvalue weighted by atomic mass is 10.00. The van der Waals surface area contributed by atoms with Crippen molar-refractivity contribution >= 4 is 0 Å². The Morgan fingerprint density at radius 2 is 1.46 bits per heavy atom. The molecular weight excluding hydrogens is 320 g/mol. The lowest BCUT2D eigenvalue weighted by Crippen LogP contribution is -2.31. The molecule has 0 N–H and O–H groups in total. The fourth-order valence-corrected chi connectivity index (χ4v) is 3.52. The van der Waals surface area contributed by atoms with E-state index in [1.807, 2.05) is 0 Å². The van der Waals surface area contributed by atoms with E-state index in [0.29, 0.717) is 6.61 Å². The summed E-state index contributed by atoms with van der Waals surface area (Å²) < 4.78 is 12.1. The minimum Gasteiger partial charge on any atom is -0.373 e. The molecule has 1 saturated heterocycles. The molecule has 2 nitrogen and oxygen atoms in total. The van der Waals surface area contributed by atoms with Crippen LogP contribution >= 0.6 is 0 Å². The molecule has 2 aromatic rings. The smallest absolute Gasteiger partial charge is 0.106 e. The van der Waals surface area contributed by atoms with Crippen LogP contribution in [0.3, 0.4) is 0 Å². The van der Waals surface area contributed by atoms with E-state index in [1.165, 1.54) is 47.9 Å². The van der Waals surface area contributed by atoms with E-state index in [-0.39, 0.29) is 12.2 Å². The highest BCUT2D eigenvalue weighted by atomic mass is 16.6. The van der Waals surface area contributed by atoms with Crippen molar-refractivity contribution in [3.8, 4) is 11.1 Å². The Bertz CT molecular complexity index is 637. The summed E-state index contributed by atoms with van der Waals surface area (Å²) in [6, 6.07) is 17.6. The lowest BCUT2D eigenvalue weighted by Gasteiger charge is -2.30. The van der Waals surface area contributed by atoms with Crippen LogP contribution < -0.4 is 0 Å². The fraction of sp³-hybridized carbons (Fsp3) is 0.500. The molecule has 3 rings (SSSR count). The van der Waals surface area contributed by atoms with Gasteiger partial charge in [0, 0.05) is 0 Å². The maximum atomic E-state index is 6.08. The molecule has 1 fully saturated rings. The number of benzene rings is 2. The molecule has 1 aliphatic rings. The van der Waals surface area contributed by atoms with E-state index in [2.05, 4.69) is 62.4 Å². The van der Waals surface area contributed by atoms with Crippen molar-refractivity contribution in [1.29, 1.82) is 0 Å². The van der Waals surface area contributed by atoms with Gasteiger partial charge in [0.2, 0.25) is 0 Å². The van der Waals surface area contributed by atoms with Crippen molar-refractivity contribution in [3.63, 3.8) is 0 Å². The average molecular weight is 353 g/mol. The first-order chi connectivity index (χ1) is 12.8. The van der Waals surface area contributed by atoms with Crippen molar-refractivity contribution in [2.45, 2.75) is 64.6 Å². The van der Waals surface area contributed by atoms with E-state index in [9.17, 15) is 0 Å². The summed E-state index contributed by atoms with van der Waals surface area (Å²) >= 11 is 0. The van der Waals surface area contributed by atoms with Crippen LogP contribution in [0.2, 0.25) is 0 Å². The van der Waals surface area contributed by atoms with Crippen molar-refractivity contribution in [1.82, 2.24) is 0 Å². The standard InChI is InChI=1S/C24H32O2/c1-3-5-6-7-8-23-17-26-24(18-25-23)22-15-13-21(14-16-22)20-11-9-19(4-2)10-12-20/h9-16,23-24H,3-8,17-18H2,1-2H3. The monoisotopic (exact) mass is 352 g/mol. The van der Waals surface area contributed by atoms with Crippen LogP contribution in [0.1, 0.15) is 63.2 Å². The van der Waals surface area contributed by atoms with E-state index in [4.69, 9.17) is 9.47 Å². The molecule has 2 unspecified atom stereocenters. The van der Waals surface area contributed by atoms with Crippen molar-refractivity contribution in [2.24, 2.45) is 0 Å². The Morgan fingerprint density at radius 3 is 2.04 bits per heavy atom. The predicted molar refractivity (Wildman–Crippen MR) is 108 cm³/mol. The summed E-state index contributed by atoms with van der Waals surface area (Å²) in [5.41, 5.74) is 5.11. The van der Waals surface area contributed by atoms with Crippen LogP contribution in [0.15, 0.2) is 48.5 Å². The van der Waals surface area contributed by atoms with Crippen LogP contribution in [0.4, 0.5) is 0 Å². The number of hydrogen-bond acceptors (Lipinski definition) is 2. The molecule has 2 heteroatoms. The Hall–Kier alpha value is -1.64. The van der Waals surface area contributed by atoms with Crippen LogP contribution in [0.5, 0.6) is 0 Å². The highest BCUT2D eigenvalue weighted by molar-refractivity contribution is 5.64. The molecule has 2 atom stereocenters. The number of aryl methyl sites for hydroxylation is 1. The highest BCUT2D eigenvalue weighted by Crippen LogP contribution is 2.27. The summed E-state index contributed by atoms with van der Waals surface area (Å²) in [5.74, 6) is 0. The molecule has 26 heavy (non-hydrogen) atoms. The number of ether oxygens (including phenoxy) is 2. The zero-order valence-corrected chi connectivity index (χ0v) is 16.2.